The second-order valence-electron chi connectivity index (χ2n) is 8.17. The number of amides is 2. The quantitative estimate of drug-likeness (QED) is 0.812. The van der Waals surface area contributed by atoms with Crippen LogP contribution in [0.3, 0.4) is 0 Å². The summed E-state index contributed by atoms with van der Waals surface area (Å²) in [5.74, 6) is 0.626. The van der Waals surface area contributed by atoms with E-state index in [0.29, 0.717) is 43.5 Å². The number of rotatable bonds is 3. The maximum atomic E-state index is 12.9. The van der Waals surface area contributed by atoms with Gasteiger partial charge in [0.15, 0.2) is 0 Å². The Bertz CT molecular complexity index is 697. The summed E-state index contributed by atoms with van der Waals surface area (Å²) in [6, 6.07) is 7.59. The molecular weight excluding hydrogens is 376 g/mol. The van der Waals surface area contributed by atoms with Crippen molar-refractivity contribution in [3.63, 3.8) is 0 Å². The van der Waals surface area contributed by atoms with Crippen LogP contribution in [0, 0.1) is 5.92 Å². The van der Waals surface area contributed by atoms with Gasteiger partial charge in [-0.25, -0.2) is 10.9 Å². The number of hydrogen-bond donors (Lipinski definition) is 2. The fraction of sp³-hybridized carbons (Fsp3) is 0.619. The van der Waals surface area contributed by atoms with Gasteiger partial charge in [-0.15, -0.1) is 0 Å². The molecule has 1 aromatic rings. The van der Waals surface area contributed by atoms with E-state index in [1.54, 1.807) is 0 Å². The van der Waals surface area contributed by atoms with E-state index in [-0.39, 0.29) is 23.9 Å². The lowest BCUT2D eigenvalue weighted by Crippen LogP contribution is -2.55. The van der Waals surface area contributed by atoms with Crippen molar-refractivity contribution in [2.75, 3.05) is 26.2 Å². The van der Waals surface area contributed by atoms with E-state index in [9.17, 15) is 9.59 Å². The van der Waals surface area contributed by atoms with Crippen molar-refractivity contribution in [2.45, 2.75) is 50.6 Å². The third-order valence-electron chi connectivity index (χ3n) is 6.33. The first-order valence-corrected chi connectivity index (χ1v) is 10.8. The van der Waals surface area contributed by atoms with Crippen LogP contribution in [0.2, 0.25) is 5.02 Å². The van der Waals surface area contributed by atoms with Gasteiger partial charge in [-0.1, -0.05) is 43.0 Å². The van der Waals surface area contributed by atoms with E-state index in [0.717, 1.165) is 18.4 Å². The van der Waals surface area contributed by atoms with Crippen LogP contribution in [0.1, 0.15) is 50.1 Å². The molecule has 7 heteroatoms. The fourth-order valence-electron chi connectivity index (χ4n) is 4.61. The first-order chi connectivity index (χ1) is 13.6. The van der Waals surface area contributed by atoms with Gasteiger partial charge in [0, 0.05) is 43.2 Å². The van der Waals surface area contributed by atoms with Crippen molar-refractivity contribution in [3.8, 4) is 0 Å². The minimum absolute atomic E-state index is 0.0976. The number of nitrogens with zero attached hydrogens (tertiary/aromatic N) is 2. The van der Waals surface area contributed by atoms with Crippen LogP contribution in [0.15, 0.2) is 24.3 Å². The molecule has 152 valence electrons. The van der Waals surface area contributed by atoms with Gasteiger partial charge in [-0.05, 0) is 37.0 Å². The molecule has 4 rings (SSSR count). The molecule has 3 fully saturated rings. The van der Waals surface area contributed by atoms with E-state index < -0.39 is 0 Å². The minimum Gasteiger partial charge on any atom is -0.339 e. The zero-order valence-electron chi connectivity index (χ0n) is 16.2. The Hall–Kier alpha value is -1.63. The highest BCUT2D eigenvalue weighted by Crippen LogP contribution is 2.27. The van der Waals surface area contributed by atoms with E-state index >= 15 is 0 Å². The number of piperazine rings is 1. The van der Waals surface area contributed by atoms with Crippen molar-refractivity contribution in [3.05, 3.63) is 34.9 Å². The highest BCUT2D eigenvalue weighted by atomic mass is 35.5. The fourth-order valence-corrected chi connectivity index (χ4v) is 4.73. The van der Waals surface area contributed by atoms with Crippen LogP contribution < -0.4 is 10.9 Å². The molecule has 2 aliphatic heterocycles. The van der Waals surface area contributed by atoms with Crippen molar-refractivity contribution in [1.29, 1.82) is 0 Å². The summed E-state index contributed by atoms with van der Waals surface area (Å²) in [5, 5.41) is 0.711. The topological polar surface area (TPSA) is 64.7 Å². The standard InChI is InChI=1S/C21H29ClN4O2/c22-17-8-6-15(7-9-17)18-14-19(24-23-18)21(28)26-12-10-25(11-13-26)20(27)16-4-2-1-3-5-16/h6-9,16,18-19,23-24H,1-5,10-14H2. The SMILES string of the molecule is O=C(C1CCCCC1)N1CCN(C(=O)C2CC(c3ccc(Cl)cc3)NN2)CC1. The minimum atomic E-state index is -0.235. The maximum Gasteiger partial charge on any atom is 0.241 e. The first-order valence-electron chi connectivity index (χ1n) is 10.5. The van der Waals surface area contributed by atoms with Crippen LogP contribution in [0.5, 0.6) is 0 Å². The molecule has 0 radical (unpaired) electrons. The predicted molar refractivity (Wildman–Crippen MR) is 109 cm³/mol. The molecule has 0 bridgehead atoms. The highest BCUT2D eigenvalue weighted by molar-refractivity contribution is 6.30. The van der Waals surface area contributed by atoms with Gasteiger partial charge in [0.25, 0.3) is 0 Å². The number of carbonyl (C=O) groups is 2. The molecule has 2 saturated heterocycles. The summed E-state index contributed by atoms with van der Waals surface area (Å²) >= 11 is 5.96. The van der Waals surface area contributed by atoms with Gasteiger partial charge in [0.2, 0.25) is 11.8 Å². The Morgan fingerprint density at radius 2 is 1.46 bits per heavy atom. The Morgan fingerprint density at radius 1 is 0.857 bits per heavy atom. The van der Waals surface area contributed by atoms with Crippen molar-refractivity contribution in [1.82, 2.24) is 20.7 Å². The van der Waals surface area contributed by atoms with E-state index in [1.807, 2.05) is 34.1 Å². The molecule has 2 N–H and O–H groups in total. The highest BCUT2D eigenvalue weighted by Gasteiger charge is 2.35. The van der Waals surface area contributed by atoms with Gasteiger partial charge in [0.1, 0.15) is 6.04 Å². The number of hydrogen-bond acceptors (Lipinski definition) is 4. The molecule has 28 heavy (non-hydrogen) atoms. The zero-order chi connectivity index (χ0) is 19.5. The molecule has 3 aliphatic rings. The summed E-state index contributed by atoms with van der Waals surface area (Å²) in [6.45, 7) is 2.56. The molecule has 0 aromatic heterocycles. The average molecular weight is 405 g/mol. The van der Waals surface area contributed by atoms with E-state index in [2.05, 4.69) is 10.9 Å². The molecule has 1 aliphatic carbocycles. The monoisotopic (exact) mass is 404 g/mol. The summed E-state index contributed by atoms with van der Waals surface area (Å²) in [6.07, 6.45) is 6.37. The number of nitrogens with one attached hydrogen (secondary N) is 2. The first kappa shape index (κ1) is 19.7. The van der Waals surface area contributed by atoms with Gasteiger partial charge in [-0.3, -0.25) is 9.59 Å². The third kappa shape index (κ3) is 4.34. The normalized spacial score (nSPS) is 26.5. The second-order valence-corrected chi connectivity index (χ2v) is 8.60. The number of hydrazine groups is 1. The van der Waals surface area contributed by atoms with Crippen LogP contribution in [0.25, 0.3) is 0 Å². The van der Waals surface area contributed by atoms with Gasteiger partial charge in [0.05, 0.1) is 0 Å². The van der Waals surface area contributed by atoms with Gasteiger partial charge >= 0.3 is 0 Å². The van der Waals surface area contributed by atoms with Gasteiger partial charge in [-0.2, -0.15) is 0 Å². The molecule has 2 amide bonds. The van der Waals surface area contributed by atoms with E-state index in [4.69, 9.17) is 11.6 Å². The van der Waals surface area contributed by atoms with E-state index in [1.165, 1.54) is 19.3 Å². The van der Waals surface area contributed by atoms with Crippen molar-refractivity contribution in [2.24, 2.45) is 5.92 Å². The summed E-state index contributed by atoms with van der Waals surface area (Å²) in [5.41, 5.74) is 7.50. The Labute approximate surface area is 171 Å². The zero-order valence-corrected chi connectivity index (χ0v) is 17.0. The van der Waals surface area contributed by atoms with Crippen LogP contribution in [-0.4, -0.2) is 53.8 Å². The summed E-state index contributed by atoms with van der Waals surface area (Å²) in [4.78, 5) is 29.5. The van der Waals surface area contributed by atoms with Gasteiger partial charge < -0.3 is 9.80 Å². The predicted octanol–water partition coefficient (Wildman–Crippen LogP) is 2.50. The van der Waals surface area contributed by atoms with Crippen molar-refractivity contribution >= 4 is 23.4 Å². The number of benzene rings is 1. The second kappa shape index (κ2) is 8.80. The number of carbonyl (C=O) groups excluding carboxylic acids is 2. The molecule has 2 heterocycles. The Kier molecular flexibility index (Phi) is 6.19. The lowest BCUT2D eigenvalue weighted by molar-refractivity contribution is -0.143. The Morgan fingerprint density at radius 3 is 2.11 bits per heavy atom. The Balaban J connectivity index is 1.27. The molecule has 2 atom stereocenters. The molecule has 1 aromatic carbocycles. The smallest absolute Gasteiger partial charge is 0.241 e. The largest absolute Gasteiger partial charge is 0.339 e. The molecule has 0 spiro atoms. The molecule has 6 nitrogen and oxygen atoms in total. The van der Waals surface area contributed by atoms with Crippen molar-refractivity contribution < 1.29 is 9.59 Å². The van der Waals surface area contributed by atoms with Crippen LogP contribution in [-0.2, 0) is 9.59 Å². The average Bonchev–Trinajstić information content (AvgIpc) is 3.24. The molecule has 2 unspecified atom stereocenters. The summed E-state index contributed by atoms with van der Waals surface area (Å²) in [7, 11) is 0. The summed E-state index contributed by atoms with van der Waals surface area (Å²) < 4.78 is 0. The maximum absolute atomic E-state index is 12.9. The van der Waals surface area contributed by atoms with Crippen LogP contribution >= 0.6 is 11.6 Å². The lowest BCUT2D eigenvalue weighted by atomic mass is 9.88. The third-order valence-corrected chi connectivity index (χ3v) is 6.58. The molecule has 1 saturated carbocycles. The molecular formula is C21H29ClN4O2. The lowest BCUT2D eigenvalue weighted by Gasteiger charge is -2.38. The number of halogens is 1. The van der Waals surface area contributed by atoms with Crippen LogP contribution in [0.4, 0.5) is 0 Å².